The van der Waals surface area contributed by atoms with Crippen LogP contribution >= 0.6 is 0 Å². The summed E-state index contributed by atoms with van der Waals surface area (Å²) in [7, 11) is 3.43. The molecule has 2 heteroatoms. The Labute approximate surface area is 62.8 Å². The molecule has 0 saturated carbocycles. The highest BCUT2D eigenvalue weighted by Crippen LogP contribution is 2.12. The standard InChI is InChI=1S/C8H6NSi/c10-9-6-5-7-3-1-2-4-8(7)9/h1-6H. The Bertz CT molecular complexity index is 351. The Kier molecular flexibility index (Phi) is 1.14. The van der Waals surface area contributed by atoms with Gasteiger partial charge in [0.2, 0.25) is 0 Å². The molecule has 47 valence electrons. The molecule has 3 radical (unpaired) electrons. The van der Waals surface area contributed by atoms with Crippen LogP contribution in [0, 0.1) is 0 Å². The molecular weight excluding hydrogens is 138 g/mol. The minimum absolute atomic E-state index is 1.21. The first-order chi connectivity index (χ1) is 4.88. The molecule has 1 heterocycles. The lowest BCUT2D eigenvalue weighted by molar-refractivity contribution is 1.32. The van der Waals surface area contributed by atoms with Gasteiger partial charge in [-0.25, -0.2) is 0 Å². The van der Waals surface area contributed by atoms with Crippen molar-refractivity contribution in [3.8, 4) is 0 Å². The van der Waals surface area contributed by atoms with E-state index in [0.717, 1.165) is 0 Å². The van der Waals surface area contributed by atoms with Crippen molar-refractivity contribution >= 4 is 21.3 Å². The molecule has 0 atom stereocenters. The molecule has 2 rings (SSSR count). The summed E-state index contributed by atoms with van der Waals surface area (Å²) in [4.78, 5) is 0. The van der Waals surface area contributed by atoms with Crippen molar-refractivity contribution in [2.45, 2.75) is 0 Å². The van der Waals surface area contributed by atoms with Gasteiger partial charge in [0, 0.05) is 5.52 Å². The number of fused-ring (bicyclic) bond motifs is 1. The third-order valence-corrected chi connectivity index (χ3v) is 1.99. The maximum atomic E-state index is 3.43. The maximum Gasteiger partial charge on any atom is 0.195 e. The first-order valence-electron chi connectivity index (χ1n) is 3.15. The van der Waals surface area contributed by atoms with Crippen LogP contribution in [-0.2, 0) is 0 Å². The Morgan fingerprint density at radius 1 is 1.10 bits per heavy atom. The van der Waals surface area contributed by atoms with Gasteiger partial charge in [0.15, 0.2) is 10.4 Å². The fourth-order valence-corrected chi connectivity index (χ4v) is 1.36. The molecule has 1 nitrogen and oxygen atoms in total. The van der Waals surface area contributed by atoms with E-state index >= 15 is 0 Å². The average molecular weight is 144 g/mol. The zero-order valence-corrected chi connectivity index (χ0v) is 6.41. The van der Waals surface area contributed by atoms with Crippen molar-refractivity contribution < 1.29 is 0 Å². The Morgan fingerprint density at radius 3 is 2.70 bits per heavy atom. The lowest BCUT2D eigenvalue weighted by atomic mass is 10.3. The molecule has 0 amide bonds. The highest BCUT2D eigenvalue weighted by molar-refractivity contribution is 6.11. The fourth-order valence-electron chi connectivity index (χ4n) is 1.08. The van der Waals surface area contributed by atoms with Gasteiger partial charge in [-0.1, -0.05) is 18.2 Å². The molecule has 0 aliphatic heterocycles. The van der Waals surface area contributed by atoms with Crippen molar-refractivity contribution in [3.05, 3.63) is 36.5 Å². The SMILES string of the molecule is [Si]n1ccc2ccccc21. The molecule has 0 fully saturated rings. The number of nitrogens with zero attached hydrogens (tertiary/aromatic N) is 1. The molecule has 0 unspecified atom stereocenters. The zero-order valence-electron chi connectivity index (χ0n) is 5.41. The van der Waals surface area contributed by atoms with Crippen molar-refractivity contribution in [1.29, 1.82) is 0 Å². The van der Waals surface area contributed by atoms with Gasteiger partial charge in [-0.2, -0.15) is 0 Å². The Balaban J connectivity index is 2.93. The van der Waals surface area contributed by atoms with Crippen molar-refractivity contribution in [3.63, 3.8) is 0 Å². The number of hydrogen-bond acceptors (Lipinski definition) is 0. The van der Waals surface area contributed by atoms with E-state index in [9.17, 15) is 0 Å². The van der Waals surface area contributed by atoms with Crippen LogP contribution in [0.4, 0.5) is 0 Å². The van der Waals surface area contributed by atoms with Gasteiger partial charge >= 0.3 is 0 Å². The summed E-state index contributed by atoms with van der Waals surface area (Å²) >= 11 is 0. The molecule has 1 aromatic heterocycles. The predicted octanol–water partition coefficient (Wildman–Crippen LogP) is 1.57. The number of hydrogen-bond donors (Lipinski definition) is 0. The van der Waals surface area contributed by atoms with Crippen molar-refractivity contribution in [2.24, 2.45) is 0 Å². The minimum Gasteiger partial charge on any atom is -0.376 e. The van der Waals surface area contributed by atoms with Gasteiger partial charge in [-0.15, -0.1) is 0 Å². The second-order valence-electron chi connectivity index (χ2n) is 2.24. The van der Waals surface area contributed by atoms with Crippen LogP contribution in [0.25, 0.3) is 10.9 Å². The van der Waals surface area contributed by atoms with E-state index in [1.807, 2.05) is 22.6 Å². The predicted molar refractivity (Wildman–Crippen MR) is 43.1 cm³/mol. The number of para-hydroxylation sites is 1. The van der Waals surface area contributed by atoms with Crippen LogP contribution in [-0.4, -0.2) is 14.6 Å². The van der Waals surface area contributed by atoms with E-state index in [4.69, 9.17) is 0 Å². The third-order valence-electron chi connectivity index (χ3n) is 1.60. The zero-order chi connectivity index (χ0) is 6.97. The largest absolute Gasteiger partial charge is 0.376 e. The molecule has 0 spiro atoms. The summed E-state index contributed by atoms with van der Waals surface area (Å²) in [6, 6.07) is 10.3. The summed E-state index contributed by atoms with van der Waals surface area (Å²) < 4.78 is 1.93. The van der Waals surface area contributed by atoms with E-state index in [1.165, 1.54) is 10.9 Å². The molecule has 10 heavy (non-hydrogen) atoms. The molecule has 0 aliphatic rings. The first kappa shape index (κ1) is 5.74. The van der Waals surface area contributed by atoms with Crippen LogP contribution < -0.4 is 0 Å². The summed E-state index contributed by atoms with van der Waals surface area (Å²) in [6.45, 7) is 0. The second kappa shape index (κ2) is 1.99. The van der Waals surface area contributed by atoms with Crippen LogP contribution in [0.1, 0.15) is 0 Å². The van der Waals surface area contributed by atoms with Crippen molar-refractivity contribution in [1.82, 2.24) is 4.23 Å². The topological polar surface area (TPSA) is 4.93 Å². The van der Waals surface area contributed by atoms with E-state index in [2.05, 4.69) is 28.6 Å². The van der Waals surface area contributed by atoms with E-state index in [0.29, 0.717) is 0 Å². The van der Waals surface area contributed by atoms with E-state index in [-0.39, 0.29) is 0 Å². The molecular formula is C8H6NSi. The molecule has 1 aromatic carbocycles. The summed E-state index contributed by atoms with van der Waals surface area (Å²) in [5.41, 5.74) is 1.21. The van der Waals surface area contributed by atoms with Gasteiger partial charge < -0.3 is 4.23 Å². The van der Waals surface area contributed by atoms with Crippen molar-refractivity contribution in [2.75, 3.05) is 0 Å². The average Bonchev–Trinajstić information content (AvgIpc) is 2.34. The quantitative estimate of drug-likeness (QED) is 0.495. The van der Waals surface area contributed by atoms with Crippen LogP contribution in [0.2, 0.25) is 0 Å². The summed E-state index contributed by atoms with van der Waals surface area (Å²) in [5.74, 6) is 0. The summed E-state index contributed by atoms with van der Waals surface area (Å²) in [6.07, 6.45) is 1.99. The van der Waals surface area contributed by atoms with Crippen LogP contribution in [0.5, 0.6) is 0 Å². The highest BCUT2D eigenvalue weighted by atomic mass is 28.2. The van der Waals surface area contributed by atoms with Gasteiger partial charge in [0.05, 0.1) is 0 Å². The van der Waals surface area contributed by atoms with Crippen LogP contribution in [0.3, 0.4) is 0 Å². The van der Waals surface area contributed by atoms with E-state index < -0.39 is 0 Å². The smallest absolute Gasteiger partial charge is 0.195 e. The maximum absolute atomic E-state index is 3.43. The fraction of sp³-hybridized carbons (Fsp3) is 0. The Hall–Kier alpha value is -1.02. The first-order valence-corrected chi connectivity index (χ1v) is 3.60. The van der Waals surface area contributed by atoms with Gasteiger partial charge in [-0.05, 0) is 23.7 Å². The number of benzene rings is 1. The minimum atomic E-state index is 1.21. The Morgan fingerprint density at radius 2 is 1.90 bits per heavy atom. The number of aromatic nitrogens is 1. The van der Waals surface area contributed by atoms with Gasteiger partial charge in [-0.3, -0.25) is 0 Å². The molecule has 0 bridgehead atoms. The number of rotatable bonds is 0. The van der Waals surface area contributed by atoms with Gasteiger partial charge in [0.1, 0.15) is 0 Å². The lowest BCUT2D eigenvalue weighted by Crippen LogP contribution is -1.85. The highest BCUT2D eigenvalue weighted by Gasteiger charge is 1.92. The monoisotopic (exact) mass is 144 g/mol. The molecule has 2 aromatic rings. The van der Waals surface area contributed by atoms with Gasteiger partial charge in [0.25, 0.3) is 0 Å². The molecule has 0 aliphatic carbocycles. The second-order valence-corrected chi connectivity index (χ2v) is 2.73. The normalized spacial score (nSPS) is 10.5. The molecule has 0 saturated heterocycles. The lowest BCUT2D eigenvalue weighted by Gasteiger charge is -1.92. The molecule has 0 N–H and O–H groups in total. The third kappa shape index (κ3) is 0.692. The summed E-state index contributed by atoms with van der Waals surface area (Å²) in [5, 5.41) is 1.26. The van der Waals surface area contributed by atoms with Crippen LogP contribution in [0.15, 0.2) is 36.5 Å². The van der Waals surface area contributed by atoms with E-state index in [1.54, 1.807) is 0 Å².